The normalized spacial score (nSPS) is 13.2. The molecule has 0 amide bonds. The lowest BCUT2D eigenvalue weighted by molar-refractivity contribution is 0.686. The Kier molecular flexibility index (Phi) is 4.73. The molecule has 0 aromatic carbocycles. The molecule has 12 heavy (non-hydrogen) atoms. The first-order valence-electron chi connectivity index (χ1n) is 4.07. The van der Waals surface area contributed by atoms with E-state index in [0.29, 0.717) is 5.25 Å². The van der Waals surface area contributed by atoms with Crippen LogP contribution in [0.5, 0.6) is 0 Å². The molecule has 1 heterocycles. The Balaban J connectivity index is 2.11. The molecule has 1 unspecified atom stereocenters. The van der Waals surface area contributed by atoms with Crippen LogP contribution in [0.4, 0.5) is 0 Å². The van der Waals surface area contributed by atoms with Crippen molar-refractivity contribution >= 4 is 23.1 Å². The van der Waals surface area contributed by atoms with Crippen molar-refractivity contribution in [2.45, 2.75) is 18.7 Å². The third-order valence-corrected chi connectivity index (χ3v) is 3.45. The smallest absolute Gasteiger partial charge is 0.0214 e. The minimum atomic E-state index is 0.712. The maximum atomic E-state index is 3.42. The predicted molar refractivity (Wildman–Crippen MR) is 59.0 cm³/mol. The van der Waals surface area contributed by atoms with E-state index in [2.05, 4.69) is 35.3 Å². The molecule has 0 spiro atoms. The topological polar surface area (TPSA) is 12.0 Å². The third-order valence-electron chi connectivity index (χ3n) is 1.74. The molecule has 68 valence electrons. The maximum Gasteiger partial charge on any atom is 0.0214 e. The summed E-state index contributed by atoms with van der Waals surface area (Å²) in [4.78, 5) is 0. The van der Waals surface area contributed by atoms with Crippen LogP contribution in [-0.4, -0.2) is 18.1 Å². The summed E-state index contributed by atoms with van der Waals surface area (Å²) < 4.78 is 0. The quantitative estimate of drug-likeness (QED) is 0.786. The number of hydrogen-bond acceptors (Lipinski definition) is 3. The van der Waals surface area contributed by atoms with Gasteiger partial charge < -0.3 is 5.32 Å². The van der Waals surface area contributed by atoms with Crippen molar-refractivity contribution in [1.29, 1.82) is 0 Å². The molecular formula is C9H15NS2. The average molecular weight is 201 g/mol. The van der Waals surface area contributed by atoms with Gasteiger partial charge in [-0.05, 0) is 28.6 Å². The van der Waals surface area contributed by atoms with Crippen LogP contribution in [0.25, 0.3) is 0 Å². The summed E-state index contributed by atoms with van der Waals surface area (Å²) >= 11 is 3.66. The maximum absolute atomic E-state index is 3.42. The summed E-state index contributed by atoms with van der Waals surface area (Å²) in [5.41, 5.74) is 1.40. The van der Waals surface area contributed by atoms with Gasteiger partial charge in [0, 0.05) is 18.3 Å². The summed E-state index contributed by atoms with van der Waals surface area (Å²) in [6, 6.07) is 2.17. The van der Waals surface area contributed by atoms with Crippen molar-refractivity contribution in [3.63, 3.8) is 0 Å². The van der Waals surface area contributed by atoms with Crippen LogP contribution in [0.1, 0.15) is 12.5 Å². The summed E-state index contributed by atoms with van der Waals surface area (Å²) in [5.74, 6) is 0. The fraction of sp³-hybridized carbons (Fsp3) is 0.556. The Labute approximate surface area is 82.6 Å². The lowest BCUT2D eigenvalue weighted by Gasteiger charge is -2.08. The molecule has 0 radical (unpaired) electrons. The van der Waals surface area contributed by atoms with E-state index in [1.54, 1.807) is 11.3 Å². The predicted octanol–water partition coefficient (Wildman–Crippen LogP) is 2.59. The van der Waals surface area contributed by atoms with Gasteiger partial charge in [-0.15, -0.1) is 0 Å². The first kappa shape index (κ1) is 10.1. The highest BCUT2D eigenvalue weighted by Crippen LogP contribution is 2.06. The van der Waals surface area contributed by atoms with Crippen LogP contribution in [0.2, 0.25) is 0 Å². The molecule has 0 fully saturated rings. The van der Waals surface area contributed by atoms with Crippen LogP contribution in [0.3, 0.4) is 0 Å². The standard InChI is InChI=1S/C9H15NS2/c1-8(11-2)5-10-6-9-3-4-12-7-9/h3-4,7-8,10H,5-6H2,1-2H3. The molecular weight excluding hydrogens is 186 g/mol. The molecule has 1 N–H and O–H groups in total. The van der Waals surface area contributed by atoms with Gasteiger partial charge in [-0.1, -0.05) is 6.92 Å². The molecule has 0 bridgehead atoms. The summed E-state index contributed by atoms with van der Waals surface area (Å²) in [6.45, 7) is 4.34. The van der Waals surface area contributed by atoms with E-state index in [1.165, 1.54) is 5.56 Å². The van der Waals surface area contributed by atoms with E-state index in [-0.39, 0.29) is 0 Å². The highest BCUT2D eigenvalue weighted by atomic mass is 32.2. The lowest BCUT2D eigenvalue weighted by Crippen LogP contribution is -2.21. The van der Waals surface area contributed by atoms with Crippen molar-refractivity contribution in [2.75, 3.05) is 12.8 Å². The van der Waals surface area contributed by atoms with E-state index in [0.717, 1.165) is 13.1 Å². The first-order chi connectivity index (χ1) is 5.83. The molecule has 1 aromatic heterocycles. The Hall–Kier alpha value is 0.01000. The van der Waals surface area contributed by atoms with Gasteiger partial charge in [0.15, 0.2) is 0 Å². The van der Waals surface area contributed by atoms with E-state index < -0.39 is 0 Å². The average Bonchev–Trinajstić information content (AvgIpc) is 2.57. The van der Waals surface area contributed by atoms with Gasteiger partial charge in [-0.25, -0.2) is 0 Å². The second-order valence-corrected chi connectivity index (χ2v) is 4.86. The molecule has 3 heteroatoms. The van der Waals surface area contributed by atoms with Crippen molar-refractivity contribution in [3.8, 4) is 0 Å². The molecule has 1 nitrogen and oxygen atoms in total. The minimum Gasteiger partial charge on any atom is -0.312 e. The highest BCUT2D eigenvalue weighted by Gasteiger charge is 1.97. The van der Waals surface area contributed by atoms with E-state index >= 15 is 0 Å². The van der Waals surface area contributed by atoms with Crippen LogP contribution >= 0.6 is 23.1 Å². The van der Waals surface area contributed by atoms with Gasteiger partial charge in [0.05, 0.1) is 0 Å². The van der Waals surface area contributed by atoms with Gasteiger partial charge in [0.25, 0.3) is 0 Å². The number of hydrogen-bond donors (Lipinski definition) is 1. The minimum absolute atomic E-state index is 0.712. The lowest BCUT2D eigenvalue weighted by atomic mass is 10.3. The number of thiophene rings is 1. The van der Waals surface area contributed by atoms with Crippen molar-refractivity contribution in [2.24, 2.45) is 0 Å². The molecule has 0 saturated heterocycles. The monoisotopic (exact) mass is 201 g/mol. The Morgan fingerprint density at radius 2 is 2.50 bits per heavy atom. The fourth-order valence-corrected chi connectivity index (χ4v) is 1.85. The van der Waals surface area contributed by atoms with E-state index in [9.17, 15) is 0 Å². The Morgan fingerprint density at radius 1 is 1.67 bits per heavy atom. The molecule has 1 aromatic rings. The summed E-state index contributed by atoms with van der Waals surface area (Å²) in [6.07, 6.45) is 2.15. The van der Waals surface area contributed by atoms with Crippen molar-refractivity contribution < 1.29 is 0 Å². The highest BCUT2D eigenvalue weighted by molar-refractivity contribution is 7.99. The molecule has 0 aliphatic rings. The van der Waals surface area contributed by atoms with Gasteiger partial charge in [0.1, 0.15) is 0 Å². The zero-order chi connectivity index (χ0) is 8.81. The van der Waals surface area contributed by atoms with Crippen LogP contribution in [0.15, 0.2) is 16.8 Å². The Morgan fingerprint density at radius 3 is 3.08 bits per heavy atom. The summed E-state index contributed by atoms with van der Waals surface area (Å²) in [7, 11) is 0. The number of rotatable bonds is 5. The second-order valence-electron chi connectivity index (χ2n) is 2.81. The molecule has 0 aliphatic carbocycles. The van der Waals surface area contributed by atoms with Crippen LogP contribution < -0.4 is 5.32 Å². The number of nitrogens with one attached hydrogen (secondary N) is 1. The summed E-state index contributed by atoms with van der Waals surface area (Å²) in [5, 5.41) is 8.45. The van der Waals surface area contributed by atoms with E-state index in [1.807, 2.05) is 11.8 Å². The van der Waals surface area contributed by atoms with Gasteiger partial charge in [0.2, 0.25) is 0 Å². The number of thioether (sulfide) groups is 1. The zero-order valence-electron chi connectivity index (χ0n) is 7.54. The van der Waals surface area contributed by atoms with Gasteiger partial charge in [-0.2, -0.15) is 23.1 Å². The molecule has 1 atom stereocenters. The zero-order valence-corrected chi connectivity index (χ0v) is 9.17. The van der Waals surface area contributed by atoms with Gasteiger partial charge >= 0.3 is 0 Å². The SMILES string of the molecule is CSC(C)CNCc1ccsc1. The van der Waals surface area contributed by atoms with Gasteiger partial charge in [-0.3, -0.25) is 0 Å². The molecule has 1 rings (SSSR count). The first-order valence-corrected chi connectivity index (χ1v) is 6.30. The molecule has 0 aliphatic heterocycles. The Bertz CT molecular complexity index is 196. The largest absolute Gasteiger partial charge is 0.312 e. The van der Waals surface area contributed by atoms with Crippen molar-refractivity contribution in [1.82, 2.24) is 5.32 Å². The van der Waals surface area contributed by atoms with Crippen LogP contribution in [-0.2, 0) is 6.54 Å². The van der Waals surface area contributed by atoms with Crippen molar-refractivity contribution in [3.05, 3.63) is 22.4 Å². The van der Waals surface area contributed by atoms with E-state index in [4.69, 9.17) is 0 Å². The fourth-order valence-electron chi connectivity index (χ4n) is 0.896. The van der Waals surface area contributed by atoms with Crippen LogP contribution in [0, 0.1) is 0 Å². The third kappa shape index (κ3) is 3.61. The molecule has 0 saturated carbocycles. The second kappa shape index (κ2) is 5.62.